The van der Waals surface area contributed by atoms with E-state index in [1.807, 2.05) is 24.3 Å². The summed E-state index contributed by atoms with van der Waals surface area (Å²) in [6.07, 6.45) is 4.35. The van der Waals surface area contributed by atoms with Crippen molar-refractivity contribution in [2.45, 2.75) is 31.7 Å². The van der Waals surface area contributed by atoms with Crippen molar-refractivity contribution in [1.29, 1.82) is 0 Å². The average Bonchev–Trinajstić information content (AvgIpc) is 3.12. The number of amides is 1. The number of aliphatic hydroxyl groups excluding tert-OH is 1. The largest absolute Gasteiger partial charge is 0.451 e. The smallest absolute Gasteiger partial charge is 0.289 e. The van der Waals surface area contributed by atoms with Crippen LogP contribution in [0.2, 0.25) is 0 Å². The van der Waals surface area contributed by atoms with Crippen LogP contribution in [0.5, 0.6) is 0 Å². The summed E-state index contributed by atoms with van der Waals surface area (Å²) in [7, 11) is 0. The van der Waals surface area contributed by atoms with Gasteiger partial charge in [0.2, 0.25) is 0 Å². The summed E-state index contributed by atoms with van der Waals surface area (Å²) in [5.41, 5.74) is 0.728. The van der Waals surface area contributed by atoms with Crippen molar-refractivity contribution in [2.24, 2.45) is 0 Å². The second-order valence-electron chi connectivity index (χ2n) is 5.31. The fourth-order valence-electron chi connectivity index (χ4n) is 3.00. The van der Waals surface area contributed by atoms with Gasteiger partial charge in [0.15, 0.2) is 5.76 Å². The van der Waals surface area contributed by atoms with E-state index < -0.39 is 0 Å². The van der Waals surface area contributed by atoms with E-state index >= 15 is 0 Å². The van der Waals surface area contributed by atoms with Gasteiger partial charge in [-0.1, -0.05) is 31.0 Å². The summed E-state index contributed by atoms with van der Waals surface area (Å²) < 4.78 is 5.64. The van der Waals surface area contributed by atoms with Crippen LogP contribution in [0, 0.1) is 0 Å². The first kappa shape index (κ1) is 13.2. The first-order valence-corrected chi connectivity index (χ1v) is 7.20. The molecule has 1 N–H and O–H groups in total. The number of furan rings is 1. The highest BCUT2D eigenvalue weighted by Gasteiger charge is 2.28. The molecule has 1 aromatic carbocycles. The normalized spacial score (nSPS) is 15.8. The van der Waals surface area contributed by atoms with Crippen LogP contribution in [-0.4, -0.2) is 35.1 Å². The molecule has 1 fully saturated rings. The molecular weight excluding hydrogens is 254 g/mol. The maximum Gasteiger partial charge on any atom is 0.289 e. The standard InChI is InChI=1S/C16H19NO3/c18-10-9-17(13-6-2-3-7-13)16(19)15-11-12-5-1-4-8-14(12)20-15/h1,4-5,8,11,13,18H,2-3,6-7,9-10H2. The highest BCUT2D eigenvalue weighted by atomic mass is 16.3. The van der Waals surface area contributed by atoms with Crippen LogP contribution in [0.15, 0.2) is 34.7 Å². The number of aliphatic hydroxyl groups is 1. The number of rotatable bonds is 4. The van der Waals surface area contributed by atoms with Crippen molar-refractivity contribution in [3.63, 3.8) is 0 Å². The van der Waals surface area contributed by atoms with Gasteiger partial charge in [-0.25, -0.2) is 0 Å². The van der Waals surface area contributed by atoms with E-state index in [0.717, 1.165) is 36.7 Å². The van der Waals surface area contributed by atoms with E-state index in [-0.39, 0.29) is 18.6 Å². The molecule has 4 nitrogen and oxygen atoms in total. The molecule has 0 spiro atoms. The summed E-state index contributed by atoms with van der Waals surface area (Å²) >= 11 is 0. The highest BCUT2D eigenvalue weighted by Crippen LogP contribution is 2.26. The van der Waals surface area contributed by atoms with Crippen molar-refractivity contribution in [3.05, 3.63) is 36.1 Å². The summed E-state index contributed by atoms with van der Waals surface area (Å²) in [4.78, 5) is 14.4. The molecule has 1 amide bonds. The zero-order valence-corrected chi connectivity index (χ0v) is 11.4. The van der Waals surface area contributed by atoms with Crippen LogP contribution in [0.4, 0.5) is 0 Å². The van der Waals surface area contributed by atoms with Gasteiger partial charge in [0.1, 0.15) is 5.58 Å². The molecule has 2 aromatic rings. The topological polar surface area (TPSA) is 53.7 Å². The minimum Gasteiger partial charge on any atom is -0.451 e. The first-order chi connectivity index (χ1) is 9.79. The second-order valence-corrected chi connectivity index (χ2v) is 5.31. The number of carbonyl (C=O) groups excluding carboxylic acids is 1. The van der Waals surface area contributed by atoms with Gasteiger partial charge >= 0.3 is 0 Å². The first-order valence-electron chi connectivity index (χ1n) is 7.20. The van der Waals surface area contributed by atoms with E-state index in [1.54, 1.807) is 11.0 Å². The molecule has 1 aliphatic rings. The van der Waals surface area contributed by atoms with Gasteiger partial charge in [-0.2, -0.15) is 0 Å². The number of benzene rings is 1. The van der Waals surface area contributed by atoms with Gasteiger partial charge in [-0.15, -0.1) is 0 Å². The summed E-state index contributed by atoms with van der Waals surface area (Å²) in [6, 6.07) is 9.64. The van der Waals surface area contributed by atoms with Crippen LogP contribution in [0.1, 0.15) is 36.2 Å². The predicted octanol–water partition coefficient (Wildman–Crippen LogP) is 2.81. The van der Waals surface area contributed by atoms with Crippen molar-refractivity contribution >= 4 is 16.9 Å². The quantitative estimate of drug-likeness (QED) is 0.932. The number of fused-ring (bicyclic) bond motifs is 1. The second kappa shape index (κ2) is 5.67. The molecule has 0 aliphatic heterocycles. The van der Waals surface area contributed by atoms with Crippen molar-refractivity contribution in [3.8, 4) is 0 Å². The molecule has 20 heavy (non-hydrogen) atoms. The number of carbonyl (C=O) groups is 1. The summed E-state index contributed by atoms with van der Waals surface area (Å²) in [6.45, 7) is 0.364. The minimum atomic E-state index is -0.109. The Morgan fingerprint density at radius 2 is 2.05 bits per heavy atom. The SMILES string of the molecule is O=C(c1cc2ccccc2o1)N(CCO)C1CCCC1. The maximum absolute atomic E-state index is 12.6. The Bertz CT molecular complexity index is 566. The molecule has 1 heterocycles. The van der Waals surface area contributed by atoms with Crippen LogP contribution < -0.4 is 0 Å². The molecule has 3 rings (SSSR count). The molecule has 0 bridgehead atoms. The number of hydrogen-bond donors (Lipinski definition) is 1. The molecule has 0 atom stereocenters. The van der Waals surface area contributed by atoms with Gasteiger partial charge in [0.05, 0.1) is 6.61 Å². The minimum absolute atomic E-state index is 0.0114. The van der Waals surface area contributed by atoms with Gasteiger partial charge < -0.3 is 14.4 Å². The number of para-hydroxylation sites is 1. The van der Waals surface area contributed by atoms with Crippen LogP contribution in [-0.2, 0) is 0 Å². The van der Waals surface area contributed by atoms with E-state index in [2.05, 4.69) is 0 Å². The molecule has 1 saturated carbocycles. The molecule has 1 aromatic heterocycles. The van der Waals surface area contributed by atoms with E-state index in [4.69, 9.17) is 4.42 Å². The Balaban J connectivity index is 1.87. The third kappa shape index (κ3) is 2.43. The highest BCUT2D eigenvalue weighted by molar-refractivity contribution is 5.96. The lowest BCUT2D eigenvalue weighted by molar-refractivity contribution is 0.0608. The number of nitrogens with zero attached hydrogens (tertiary/aromatic N) is 1. The van der Waals surface area contributed by atoms with Crippen molar-refractivity contribution < 1.29 is 14.3 Å². The summed E-state index contributed by atoms with van der Waals surface area (Å²) in [5.74, 6) is 0.258. The lowest BCUT2D eigenvalue weighted by Crippen LogP contribution is -2.40. The molecule has 106 valence electrons. The molecular formula is C16H19NO3. The van der Waals surface area contributed by atoms with Crippen molar-refractivity contribution in [1.82, 2.24) is 4.90 Å². The van der Waals surface area contributed by atoms with E-state index in [1.165, 1.54) is 0 Å². The third-order valence-corrected chi connectivity index (χ3v) is 4.00. The monoisotopic (exact) mass is 273 g/mol. The van der Waals surface area contributed by atoms with E-state index in [0.29, 0.717) is 12.3 Å². The molecule has 4 heteroatoms. The van der Waals surface area contributed by atoms with Crippen LogP contribution in [0.25, 0.3) is 11.0 Å². The van der Waals surface area contributed by atoms with Crippen molar-refractivity contribution in [2.75, 3.05) is 13.2 Å². The van der Waals surface area contributed by atoms with Crippen LogP contribution in [0.3, 0.4) is 0 Å². The predicted molar refractivity (Wildman–Crippen MR) is 76.6 cm³/mol. The fourth-order valence-corrected chi connectivity index (χ4v) is 3.00. The van der Waals surface area contributed by atoms with Gasteiger partial charge in [-0.05, 0) is 25.0 Å². The average molecular weight is 273 g/mol. The number of hydrogen-bond acceptors (Lipinski definition) is 3. The third-order valence-electron chi connectivity index (χ3n) is 4.00. The Labute approximate surface area is 118 Å². The van der Waals surface area contributed by atoms with Crippen LogP contribution >= 0.6 is 0 Å². The maximum atomic E-state index is 12.6. The molecule has 0 radical (unpaired) electrons. The van der Waals surface area contributed by atoms with Gasteiger partial charge in [-0.3, -0.25) is 4.79 Å². The molecule has 0 saturated heterocycles. The molecule has 1 aliphatic carbocycles. The Morgan fingerprint density at radius 3 is 2.75 bits per heavy atom. The lowest BCUT2D eigenvalue weighted by atomic mass is 10.2. The lowest BCUT2D eigenvalue weighted by Gasteiger charge is -2.27. The van der Waals surface area contributed by atoms with E-state index in [9.17, 15) is 9.90 Å². The molecule has 0 unspecified atom stereocenters. The Kier molecular flexibility index (Phi) is 3.74. The Hall–Kier alpha value is -1.81. The zero-order valence-electron chi connectivity index (χ0n) is 11.4. The van der Waals surface area contributed by atoms with Gasteiger partial charge in [0, 0.05) is 18.0 Å². The zero-order chi connectivity index (χ0) is 13.9. The fraction of sp³-hybridized carbons (Fsp3) is 0.438. The summed E-state index contributed by atoms with van der Waals surface area (Å²) in [5, 5.41) is 10.1. The Morgan fingerprint density at radius 1 is 1.30 bits per heavy atom. The van der Waals surface area contributed by atoms with Gasteiger partial charge in [0.25, 0.3) is 5.91 Å².